The Bertz CT molecular complexity index is 545. The molecule has 2 aromatic heterocycles. The zero-order chi connectivity index (χ0) is 13.2. The molecule has 0 N–H and O–H groups in total. The van der Waals surface area contributed by atoms with Crippen molar-refractivity contribution in [1.82, 2.24) is 14.7 Å². The van der Waals surface area contributed by atoms with E-state index in [0.717, 1.165) is 44.1 Å². The van der Waals surface area contributed by atoms with Gasteiger partial charge in [0, 0.05) is 19.2 Å². The van der Waals surface area contributed by atoms with Crippen molar-refractivity contribution in [2.45, 2.75) is 25.9 Å². The van der Waals surface area contributed by atoms with E-state index in [1.54, 1.807) is 13.4 Å². The molecule has 0 atom stereocenters. The molecule has 0 amide bonds. The minimum Gasteiger partial charge on any atom is -0.480 e. The third kappa shape index (κ3) is 2.38. The van der Waals surface area contributed by atoms with Crippen LogP contribution in [0.5, 0.6) is 5.88 Å². The first-order valence-corrected chi connectivity index (χ1v) is 6.61. The van der Waals surface area contributed by atoms with Gasteiger partial charge >= 0.3 is 0 Å². The summed E-state index contributed by atoms with van der Waals surface area (Å²) in [7, 11) is 3.67. The lowest BCUT2D eigenvalue weighted by Crippen LogP contribution is -2.23. The molecule has 2 aromatic rings. The van der Waals surface area contributed by atoms with Gasteiger partial charge in [-0.1, -0.05) is 0 Å². The van der Waals surface area contributed by atoms with Crippen LogP contribution >= 0.6 is 0 Å². The van der Waals surface area contributed by atoms with Gasteiger partial charge in [0.2, 0.25) is 5.88 Å². The fourth-order valence-corrected chi connectivity index (χ4v) is 2.72. The predicted molar refractivity (Wildman–Crippen MR) is 70.9 cm³/mol. The van der Waals surface area contributed by atoms with Crippen molar-refractivity contribution >= 4 is 0 Å². The van der Waals surface area contributed by atoms with Gasteiger partial charge in [-0.2, -0.15) is 0 Å². The Hall–Kier alpha value is -1.75. The number of ether oxygens (including phenoxy) is 1. The second-order valence-corrected chi connectivity index (χ2v) is 4.95. The quantitative estimate of drug-likeness (QED) is 0.847. The zero-order valence-electron chi connectivity index (χ0n) is 11.4. The first kappa shape index (κ1) is 12.3. The van der Waals surface area contributed by atoms with Crippen LogP contribution in [0.25, 0.3) is 0 Å². The van der Waals surface area contributed by atoms with E-state index in [1.807, 2.05) is 23.9 Å². The van der Waals surface area contributed by atoms with Crippen molar-refractivity contribution < 1.29 is 9.15 Å². The van der Waals surface area contributed by atoms with Crippen molar-refractivity contribution in [3.63, 3.8) is 0 Å². The maximum Gasteiger partial charge on any atom is 0.236 e. The van der Waals surface area contributed by atoms with Gasteiger partial charge in [0.15, 0.2) is 0 Å². The average molecular weight is 261 g/mol. The highest BCUT2D eigenvalue weighted by molar-refractivity contribution is 5.32. The van der Waals surface area contributed by atoms with E-state index in [-0.39, 0.29) is 0 Å². The van der Waals surface area contributed by atoms with E-state index < -0.39 is 0 Å². The number of nitrogens with zero attached hydrogens (tertiary/aromatic N) is 3. The maximum absolute atomic E-state index is 5.43. The Morgan fingerprint density at radius 2 is 2.37 bits per heavy atom. The monoisotopic (exact) mass is 261 g/mol. The van der Waals surface area contributed by atoms with E-state index in [4.69, 9.17) is 9.15 Å². The molecule has 19 heavy (non-hydrogen) atoms. The van der Waals surface area contributed by atoms with Gasteiger partial charge in [-0.3, -0.25) is 9.58 Å². The highest BCUT2D eigenvalue weighted by Crippen LogP contribution is 2.27. The van der Waals surface area contributed by atoms with Gasteiger partial charge in [0.25, 0.3) is 0 Å². The Morgan fingerprint density at radius 3 is 3.11 bits per heavy atom. The third-order valence-corrected chi connectivity index (χ3v) is 3.67. The lowest BCUT2D eigenvalue weighted by Gasteiger charge is -2.18. The van der Waals surface area contributed by atoms with E-state index in [9.17, 15) is 0 Å². The number of hydrogen-bond acceptors (Lipinski definition) is 4. The van der Waals surface area contributed by atoms with Crippen LogP contribution in [-0.2, 0) is 26.6 Å². The normalized spacial score (nSPS) is 16.1. The van der Waals surface area contributed by atoms with Gasteiger partial charge in [0.05, 0.1) is 25.6 Å². The van der Waals surface area contributed by atoms with Gasteiger partial charge in [-0.15, -0.1) is 5.10 Å². The minimum atomic E-state index is 0.775. The van der Waals surface area contributed by atoms with Gasteiger partial charge < -0.3 is 9.15 Å². The molecule has 5 nitrogen and oxygen atoms in total. The summed E-state index contributed by atoms with van der Waals surface area (Å²) in [5, 5.41) is 4.43. The Balaban J connectivity index is 1.82. The summed E-state index contributed by atoms with van der Waals surface area (Å²) in [6.07, 6.45) is 3.88. The van der Waals surface area contributed by atoms with Crippen molar-refractivity contribution in [3.8, 4) is 5.88 Å². The van der Waals surface area contributed by atoms with E-state index in [1.165, 1.54) is 11.3 Å². The number of furan rings is 1. The maximum atomic E-state index is 5.43. The van der Waals surface area contributed by atoms with Crippen LogP contribution in [0, 0.1) is 0 Å². The molecule has 3 rings (SSSR count). The number of rotatable bonds is 3. The highest BCUT2D eigenvalue weighted by atomic mass is 16.5. The summed E-state index contributed by atoms with van der Waals surface area (Å²) in [6.45, 7) is 2.81. The summed E-state index contributed by atoms with van der Waals surface area (Å²) in [5.41, 5.74) is 2.51. The molecule has 5 heteroatoms. The summed E-state index contributed by atoms with van der Waals surface area (Å²) in [6, 6.07) is 3.96. The lowest BCUT2D eigenvalue weighted by molar-refractivity contribution is 0.233. The first-order valence-electron chi connectivity index (χ1n) is 6.61. The van der Waals surface area contributed by atoms with Gasteiger partial charge in [-0.25, -0.2) is 0 Å². The van der Waals surface area contributed by atoms with Crippen LogP contribution in [-0.4, -0.2) is 28.3 Å². The molecule has 3 heterocycles. The molecule has 0 radical (unpaired) electrons. The van der Waals surface area contributed by atoms with Crippen molar-refractivity contribution in [3.05, 3.63) is 35.4 Å². The van der Waals surface area contributed by atoms with Crippen molar-refractivity contribution in [2.75, 3.05) is 13.7 Å². The Morgan fingerprint density at radius 1 is 1.47 bits per heavy atom. The fraction of sp³-hybridized carbons (Fsp3) is 0.500. The second kappa shape index (κ2) is 5.09. The lowest BCUT2D eigenvalue weighted by atomic mass is 10.1. The predicted octanol–water partition coefficient (Wildman–Crippen LogP) is 1.97. The van der Waals surface area contributed by atoms with Crippen LogP contribution in [0.15, 0.2) is 22.8 Å². The van der Waals surface area contributed by atoms with Crippen molar-refractivity contribution in [2.24, 2.45) is 7.05 Å². The van der Waals surface area contributed by atoms with E-state index in [2.05, 4.69) is 10.00 Å². The number of aromatic nitrogens is 2. The summed E-state index contributed by atoms with van der Waals surface area (Å²) in [5.74, 6) is 1.79. The van der Waals surface area contributed by atoms with Gasteiger partial charge in [0.1, 0.15) is 5.76 Å². The molecule has 0 saturated heterocycles. The molecule has 0 unspecified atom stereocenters. The highest BCUT2D eigenvalue weighted by Gasteiger charge is 2.22. The molecule has 0 spiro atoms. The number of hydrogen-bond donors (Lipinski definition) is 0. The topological polar surface area (TPSA) is 43.4 Å². The van der Waals surface area contributed by atoms with Gasteiger partial charge in [-0.05, 0) is 31.5 Å². The molecule has 0 saturated carbocycles. The molecule has 102 valence electrons. The summed E-state index contributed by atoms with van der Waals surface area (Å²) >= 11 is 0. The van der Waals surface area contributed by atoms with Crippen LogP contribution in [0.2, 0.25) is 0 Å². The fourth-order valence-electron chi connectivity index (χ4n) is 2.72. The molecule has 0 aliphatic carbocycles. The first-order chi connectivity index (χ1) is 9.28. The smallest absolute Gasteiger partial charge is 0.236 e. The SMILES string of the molecule is COc1nn(C)c2c1CCCN(Cc1ccco1)C2. The van der Waals surface area contributed by atoms with Crippen LogP contribution < -0.4 is 4.74 Å². The summed E-state index contributed by atoms with van der Waals surface area (Å²) in [4.78, 5) is 2.39. The van der Waals surface area contributed by atoms with Crippen LogP contribution in [0.1, 0.15) is 23.4 Å². The van der Waals surface area contributed by atoms with Crippen LogP contribution in [0.4, 0.5) is 0 Å². The molecule has 0 aromatic carbocycles. The van der Waals surface area contributed by atoms with Crippen LogP contribution in [0.3, 0.4) is 0 Å². The Labute approximate surface area is 112 Å². The molecular formula is C14H19N3O2. The number of aryl methyl sites for hydroxylation is 1. The minimum absolute atomic E-state index is 0.775. The number of methoxy groups -OCH3 is 1. The Kier molecular flexibility index (Phi) is 3.29. The molecule has 1 aliphatic heterocycles. The molecular weight excluding hydrogens is 242 g/mol. The molecule has 0 bridgehead atoms. The zero-order valence-corrected chi connectivity index (χ0v) is 11.4. The standard InChI is InChI=1S/C14H19N3O2/c1-16-13-10-17(9-11-5-4-8-19-11)7-3-6-12(13)14(15-16)18-2/h4-5,8H,3,6-7,9-10H2,1-2H3. The van der Waals surface area contributed by atoms with E-state index in [0.29, 0.717) is 0 Å². The largest absolute Gasteiger partial charge is 0.480 e. The third-order valence-electron chi connectivity index (χ3n) is 3.67. The summed E-state index contributed by atoms with van der Waals surface area (Å²) < 4.78 is 12.7. The van der Waals surface area contributed by atoms with E-state index >= 15 is 0 Å². The second-order valence-electron chi connectivity index (χ2n) is 4.95. The average Bonchev–Trinajstić information content (AvgIpc) is 2.94. The molecule has 0 fully saturated rings. The molecule has 1 aliphatic rings. The van der Waals surface area contributed by atoms with Crippen molar-refractivity contribution in [1.29, 1.82) is 0 Å². The number of fused-ring (bicyclic) bond motifs is 1.